The second-order valence-electron chi connectivity index (χ2n) is 7.63. The first-order valence-electron chi connectivity index (χ1n) is 10.8. The van der Waals surface area contributed by atoms with Crippen molar-refractivity contribution in [3.05, 3.63) is 95.6 Å². The normalized spacial score (nSPS) is 14.4. The summed E-state index contributed by atoms with van der Waals surface area (Å²) in [4.78, 5) is 2.51. The van der Waals surface area contributed by atoms with Crippen LogP contribution in [-0.2, 0) is 19.6 Å². The molecule has 0 amide bonds. The standard InChI is InChI=1S/C26H30N2O2/c1-3-8-22(9-4-1)20-29-25-13-7-12-24(14-17-28-18-15-27-16-19-28)26(25)30-21-23-10-5-2-6-11-23/h1-13,27H,14-21H2. The van der Waals surface area contributed by atoms with Gasteiger partial charge in [0.25, 0.3) is 0 Å². The Morgan fingerprint density at radius 2 is 1.33 bits per heavy atom. The van der Waals surface area contributed by atoms with E-state index in [0.717, 1.165) is 61.8 Å². The average molecular weight is 403 g/mol. The lowest BCUT2D eigenvalue weighted by Crippen LogP contribution is -2.44. The molecule has 0 bridgehead atoms. The highest BCUT2D eigenvalue weighted by Crippen LogP contribution is 2.33. The molecule has 0 saturated carbocycles. The lowest BCUT2D eigenvalue weighted by molar-refractivity contribution is 0.237. The lowest BCUT2D eigenvalue weighted by Gasteiger charge is -2.27. The van der Waals surface area contributed by atoms with Gasteiger partial charge in [-0.15, -0.1) is 0 Å². The van der Waals surface area contributed by atoms with Crippen molar-refractivity contribution in [3.8, 4) is 11.5 Å². The SMILES string of the molecule is c1ccc(COc2cccc(CCN3CCNCC3)c2OCc2ccccc2)cc1. The van der Waals surface area contributed by atoms with E-state index in [2.05, 4.69) is 46.6 Å². The van der Waals surface area contributed by atoms with Crippen LogP contribution in [0.5, 0.6) is 11.5 Å². The van der Waals surface area contributed by atoms with Gasteiger partial charge in [0.05, 0.1) is 0 Å². The molecule has 3 aromatic carbocycles. The molecule has 0 atom stereocenters. The fourth-order valence-electron chi connectivity index (χ4n) is 3.71. The molecule has 0 aromatic heterocycles. The molecular weight excluding hydrogens is 372 g/mol. The lowest BCUT2D eigenvalue weighted by atomic mass is 10.1. The Morgan fingerprint density at radius 1 is 0.700 bits per heavy atom. The van der Waals surface area contributed by atoms with Gasteiger partial charge in [-0.05, 0) is 29.2 Å². The monoisotopic (exact) mass is 402 g/mol. The number of benzene rings is 3. The van der Waals surface area contributed by atoms with Gasteiger partial charge in [-0.25, -0.2) is 0 Å². The number of rotatable bonds is 9. The molecular formula is C26H30N2O2. The Labute approximate surface area is 179 Å². The quantitative estimate of drug-likeness (QED) is 0.579. The minimum atomic E-state index is 0.532. The number of ether oxygens (including phenoxy) is 2. The minimum Gasteiger partial charge on any atom is -0.485 e. The topological polar surface area (TPSA) is 33.7 Å². The van der Waals surface area contributed by atoms with E-state index in [1.807, 2.05) is 42.5 Å². The summed E-state index contributed by atoms with van der Waals surface area (Å²) in [5, 5.41) is 3.42. The highest BCUT2D eigenvalue weighted by molar-refractivity contribution is 5.47. The van der Waals surface area contributed by atoms with Crippen LogP contribution in [0.2, 0.25) is 0 Å². The zero-order valence-corrected chi connectivity index (χ0v) is 17.4. The Bertz CT molecular complexity index is 893. The van der Waals surface area contributed by atoms with E-state index in [9.17, 15) is 0 Å². The van der Waals surface area contributed by atoms with Gasteiger partial charge in [-0.2, -0.15) is 0 Å². The van der Waals surface area contributed by atoms with Crippen LogP contribution in [0.4, 0.5) is 0 Å². The van der Waals surface area contributed by atoms with Crippen LogP contribution in [0.25, 0.3) is 0 Å². The van der Waals surface area contributed by atoms with Gasteiger partial charge >= 0.3 is 0 Å². The molecule has 4 heteroatoms. The van der Waals surface area contributed by atoms with E-state index >= 15 is 0 Å². The van der Waals surface area contributed by atoms with Gasteiger partial charge in [0, 0.05) is 32.7 Å². The second-order valence-corrected chi connectivity index (χ2v) is 7.63. The number of hydrogen-bond donors (Lipinski definition) is 1. The fourth-order valence-corrected chi connectivity index (χ4v) is 3.71. The van der Waals surface area contributed by atoms with Crippen molar-refractivity contribution in [1.29, 1.82) is 0 Å². The van der Waals surface area contributed by atoms with E-state index in [0.29, 0.717) is 13.2 Å². The molecule has 156 valence electrons. The van der Waals surface area contributed by atoms with Crippen molar-refractivity contribution in [2.24, 2.45) is 0 Å². The first kappa shape index (κ1) is 20.5. The third-order valence-corrected chi connectivity index (χ3v) is 5.43. The van der Waals surface area contributed by atoms with Crippen molar-refractivity contribution < 1.29 is 9.47 Å². The molecule has 30 heavy (non-hydrogen) atoms. The molecule has 0 spiro atoms. The molecule has 0 radical (unpaired) electrons. The third kappa shape index (κ3) is 5.85. The Balaban J connectivity index is 1.49. The number of nitrogens with one attached hydrogen (secondary N) is 1. The number of nitrogens with zero attached hydrogens (tertiary/aromatic N) is 1. The molecule has 1 aliphatic heterocycles. The Hall–Kier alpha value is -2.82. The fraction of sp³-hybridized carbons (Fsp3) is 0.308. The second kappa shape index (κ2) is 10.8. The smallest absolute Gasteiger partial charge is 0.164 e. The molecule has 4 nitrogen and oxygen atoms in total. The third-order valence-electron chi connectivity index (χ3n) is 5.43. The van der Waals surface area contributed by atoms with E-state index in [1.54, 1.807) is 0 Å². The molecule has 1 N–H and O–H groups in total. The summed E-state index contributed by atoms with van der Waals surface area (Å²) in [6, 6.07) is 26.8. The average Bonchev–Trinajstić information content (AvgIpc) is 2.82. The van der Waals surface area contributed by atoms with E-state index in [-0.39, 0.29) is 0 Å². The highest BCUT2D eigenvalue weighted by atomic mass is 16.5. The minimum absolute atomic E-state index is 0.532. The molecule has 1 fully saturated rings. The predicted molar refractivity (Wildman–Crippen MR) is 121 cm³/mol. The van der Waals surface area contributed by atoms with E-state index in [4.69, 9.17) is 9.47 Å². The molecule has 4 rings (SSSR count). The maximum absolute atomic E-state index is 6.33. The molecule has 3 aromatic rings. The van der Waals surface area contributed by atoms with Crippen molar-refractivity contribution in [2.75, 3.05) is 32.7 Å². The molecule has 1 saturated heterocycles. The van der Waals surface area contributed by atoms with Crippen molar-refractivity contribution in [2.45, 2.75) is 19.6 Å². The summed E-state index contributed by atoms with van der Waals surface area (Å²) in [7, 11) is 0. The summed E-state index contributed by atoms with van der Waals surface area (Å²) in [6.07, 6.45) is 0.951. The van der Waals surface area contributed by atoms with Gasteiger partial charge in [-0.3, -0.25) is 0 Å². The van der Waals surface area contributed by atoms with Gasteiger partial charge in [0.1, 0.15) is 13.2 Å². The van der Waals surface area contributed by atoms with E-state index in [1.165, 1.54) is 5.56 Å². The maximum atomic E-state index is 6.33. The summed E-state index contributed by atoms with van der Waals surface area (Å²) >= 11 is 0. The molecule has 1 heterocycles. The van der Waals surface area contributed by atoms with Crippen molar-refractivity contribution in [3.63, 3.8) is 0 Å². The predicted octanol–water partition coefficient (Wildman–Crippen LogP) is 4.29. The van der Waals surface area contributed by atoms with Crippen LogP contribution in [0.3, 0.4) is 0 Å². The van der Waals surface area contributed by atoms with Crippen molar-refractivity contribution in [1.82, 2.24) is 10.2 Å². The zero-order valence-electron chi connectivity index (χ0n) is 17.4. The maximum Gasteiger partial charge on any atom is 0.164 e. The van der Waals surface area contributed by atoms with Gasteiger partial charge < -0.3 is 19.7 Å². The van der Waals surface area contributed by atoms with Crippen LogP contribution in [0, 0.1) is 0 Å². The summed E-state index contributed by atoms with van der Waals surface area (Å²) < 4.78 is 12.5. The summed E-state index contributed by atoms with van der Waals surface area (Å²) in [6.45, 7) is 6.44. The first-order chi connectivity index (χ1) is 14.9. The highest BCUT2D eigenvalue weighted by Gasteiger charge is 2.15. The van der Waals surface area contributed by atoms with Gasteiger partial charge in [0.2, 0.25) is 0 Å². The van der Waals surface area contributed by atoms with Crippen LogP contribution in [0.15, 0.2) is 78.9 Å². The van der Waals surface area contributed by atoms with Crippen molar-refractivity contribution >= 4 is 0 Å². The zero-order chi connectivity index (χ0) is 20.4. The molecule has 0 aliphatic carbocycles. The van der Waals surface area contributed by atoms with Crippen LogP contribution < -0.4 is 14.8 Å². The Morgan fingerprint density at radius 3 is 2.00 bits per heavy atom. The Kier molecular flexibility index (Phi) is 7.37. The summed E-state index contributed by atoms with van der Waals surface area (Å²) in [5.41, 5.74) is 3.51. The van der Waals surface area contributed by atoms with Crippen LogP contribution in [-0.4, -0.2) is 37.6 Å². The first-order valence-corrected chi connectivity index (χ1v) is 10.8. The van der Waals surface area contributed by atoms with Crippen LogP contribution in [0.1, 0.15) is 16.7 Å². The van der Waals surface area contributed by atoms with Gasteiger partial charge in [0.15, 0.2) is 11.5 Å². The summed E-state index contributed by atoms with van der Waals surface area (Å²) in [5.74, 6) is 1.68. The van der Waals surface area contributed by atoms with E-state index < -0.39 is 0 Å². The van der Waals surface area contributed by atoms with Gasteiger partial charge in [-0.1, -0.05) is 72.8 Å². The number of piperazine rings is 1. The number of para-hydroxylation sites is 1. The largest absolute Gasteiger partial charge is 0.485 e. The molecule has 0 unspecified atom stereocenters. The number of hydrogen-bond acceptors (Lipinski definition) is 4. The molecule has 1 aliphatic rings. The van der Waals surface area contributed by atoms with Crippen LogP contribution >= 0.6 is 0 Å².